The van der Waals surface area contributed by atoms with Crippen molar-refractivity contribution >= 4 is 28.2 Å². The lowest BCUT2D eigenvalue weighted by atomic mass is 10.1. The standard InChI is InChI=1S/C14H15N3O2/c15-10-4-3-9-5-6-16-13(11(9)8-10)17-7-1-2-12(17)14(18)19/h3-6,8,12H,1-2,7,15H2,(H,18,19). The Morgan fingerprint density at radius 3 is 3.05 bits per heavy atom. The molecule has 98 valence electrons. The first-order valence-electron chi connectivity index (χ1n) is 6.30. The summed E-state index contributed by atoms with van der Waals surface area (Å²) in [7, 11) is 0. The van der Waals surface area contributed by atoms with Crippen molar-refractivity contribution < 1.29 is 9.90 Å². The van der Waals surface area contributed by atoms with Crippen molar-refractivity contribution in [1.29, 1.82) is 0 Å². The Balaban J connectivity index is 2.14. The summed E-state index contributed by atoms with van der Waals surface area (Å²) in [4.78, 5) is 17.5. The van der Waals surface area contributed by atoms with Gasteiger partial charge in [0.15, 0.2) is 0 Å². The fraction of sp³-hybridized carbons (Fsp3) is 0.286. The molecule has 0 spiro atoms. The number of nitrogens with two attached hydrogens (primary N) is 1. The maximum absolute atomic E-state index is 11.3. The molecule has 1 aliphatic rings. The molecule has 0 bridgehead atoms. The zero-order valence-electron chi connectivity index (χ0n) is 10.4. The van der Waals surface area contributed by atoms with Crippen molar-refractivity contribution in [1.82, 2.24) is 4.98 Å². The molecule has 1 aromatic heterocycles. The molecule has 5 nitrogen and oxygen atoms in total. The number of anilines is 2. The van der Waals surface area contributed by atoms with Crippen molar-refractivity contribution in [2.45, 2.75) is 18.9 Å². The molecule has 3 N–H and O–H groups in total. The van der Waals surface area contributed by atoms with E-state index in [-0.39, 0.29) is 0 Å². The van der Waals surface area contributed by atoms with E-state index < -0.39 is 12.0 Å². The summed E-state index contributed by atoms with van der Waals surface area (Å²) in [5.74, 6) is -0.0742. The molecule has 1 aliphatic heterocycles. The van der Waals surface area contributed by atoms with Gasteiger partial charge in [-0.3, -0.25) is 0 Å². The van der Waals surface area contributed by atoms with Crippen LogP contribution in [-0.2, 0) is 4.79 Å². The first-order chi connectivity index (χ1) is 9.16. The number of benzene rings is 1. The van der Waals surface area contributed by atoms with E-state index in [4.69, 9.17) is 5.73 Å². The number of aromatic nitrogens is 1. The highest BCUT2D eigenvalue weighted by Crippen LogP contribution is 2.31. The number of nitrogens with zero attached hydrogens (tertiary/aromatic N) is 2. The van der Waals surface area contributed by atoms with Crippen LogP contribution in [0.5, 0.6) is 0 Å². The van der Waals surface area contributed by atoms with Crippen LogP contribution < -0.4 is 10.6 Å². The Morgan fingerprint density at radius 2 is 2.26 bits per heavy atom. The van der Waals surface area contributed by atoms with Crippen LogP contribution in [-0.4, -0.2) is 28.6 Å². The number of aliphatic carboxylic acids is 1. The Kier molecular flexibility index (Phi) is 2.74. The average Bonchev–Trinajstić information content (AvgIpc) is 2.87. The van der Waals surface area contributed by atoms with Gasteiger partial charge in [0.2, 0.25) is 0 Å². The zero-order chi connectivity index (χ0) is 13.4. The molecule has 0 radical (unpaired) electrons. The summed E-state index contributed by atoms with van der Waals surface area (Å²) < 4.78 is 0. The van der Waals surface area contributed by atoms with Gasteiger partial charge in [-0.2, -0.15) is 0 Å². The highest BCUT2D eigenvalue weighted by molar-refractivity contribution is 5.95. The van der Waals surface area contributed by atoms with Crippen LogP contribution in [0.4, 0.5) is 11.5 Å². The van der Waals surface area contributed by atoms with Gasteiger partial charge >= 0.3 is 5.97 Å². The second-order valence-corrected chi connectivity index (χ2v) is 4.80. The van der Waals surface area contributed by atoms with Crippen molar-refractivity contribution in [3.63, 3.8) is 0 Å². The molecule has 0 amide bonds. The Labute approximate surface area is 110 Å². The number of carbonyl (C=O) groups is 1. The fourth-order valence-corrected chi connectivity index (χ4v) is 2.68. The van der Waals surface area contributed by atoms with Gasteiger partial charge in [-0.05, 0) is 36.4 Å². The zero-order valence-corrected chi connectivity index (χ0v) is 10.4. The molecule has 1 atom stereocenters. The minimum Gasteiger partial charge on any atom is -0.480 e. The fourth-order valence-electron chi connectivity index (χ4n) is 2.68. The summed E-state index contributed by atoms with van der Waals surface area (Å²) in [5.41, 5.74) is 6.48. The SMILES string of the molecule is Nc1ccc2ccnc(N3CCCC3C(=O)O)c2c1. The van der Waals surface area contributed by atoms with E-state index in [2.05, 4.69) is 4.98 Å². The predicted molar refractivity (Wildman–Crippen MR) is 74.2 cm³/mol. The molecule has 0 saturated carbocycles. The van der Waals surface area contributed by atoms with Gasteiger partial charge in [0.05, 0.1) is 0 Å². The number of carboxylic acid groups (broad SMARTS) is 1. The second kappa shape index (κ2) is 4.42. The quantitative estimate of drug-likeness (QED) is 0.803. The molecule has 3 rings (SSSR count). The molecule has 2 aromatic rings. The maximum Gasteiger partial charge on any atom is 0.326 e. The summed E-state index contributed by atoms with van der Waals surface area (Å²) in [6.45, 7) is 0.720. The number of hydrogen-bond acceptors (Lipinski definition) is 4. The van der Waals surface area contributed by atoms with Crippen LogP contribution in [0, 0.1) is 0 Å². The lowest BCUT2D eigenvalue weighted by Crippen LogP contribution is -2.36. The third-order valence-electron chi connectivity index (χ3n) is 3.58. The molecule has 19 heavy (non-hydrogen) atoms. The lowest BCUT2D eigenvalue weighted by molar-refractivity contribution is -0.138. The second-order valence-electron chi connectivity index (χ2n) is 4.80. The Bertz CT molecular complexity index is 642. The van der Waals surface area contributed by atoms with Crippen LogP contribution in [0.2, 0.25) is 0 Å². The molecule has 5 heteroatoms. The van der Waals surface area contributed by atoms with Gasteiger partial charge in [-0.25, -0.2) is 9.78 Å². The van der Waals surface area contributed by atoms with Gasteiger partial charge in [0, 0.05) is 23.8 Å². The monoisotopic (exact) mass is 257 g/mol. The number of nitrogen functional groups attached to an aromatic ring is 1. The van der Waals surface area contributed by atoms with Gasteiger partial charge in [0.1, 0.15) is 11.9 Å². The van der Waals surface area contributed by atoms with Crippen molar-refractivity contribution in [3.05, 3.63) is 30.5 Å². The average molecular weight is 257 g/mol. The van der Waals surface area contributed by atoms with Gasteiger partial charge in [-0.1, -0.05) is 6.07 Å². The summed E-state index contributed by atoms with van der Waals surface area (Å²) in [5, 5.41) is 11.2. The normalized spacial score (nSPS) is 18.9. The largest absolute Gasteiger partial charge is 0.480 e. The molecule has 0 aliphatic carbocycles. The smallest absolute Gasteiger partial charge is 0.326 e. The van der Waals surface area contributed by atoms with Gasteiger partial charge < -0.3 is 15.7 Å². The maximum atomic E-state index is 11.3. The number of pyridine rings is 1. The van der Waals surface area contributed by atoms with Crippen LogP contribution in [0.3, 0.4) is 0 Å². The van der Waals surface area contributed by atoms with Crippen LogP contribution in [0.15, 0.2) is 30.5 Å². The Hall–Kier alpha value is -2.30. The van der Waals surface area contributed by atoms with Crippen molar-refractivity contribution in [3.8, 4) is 0 Å². The minimum absolute atomic E-state index is 0.487. The van der Waals surface area contributed by atoms with Crippen molar-refractivity contribution in [2.24, 2.45) is 0 Å². The van der Waals surface area contributed by atoms with E-state index in [1.165, 1.54) is 0 Å². The van der Waals surface area contributed by atoms with Crippen LogP contribution >= 0.6 is 0 Å². The molecular formula is C14H15N3O2. The topological polar surface area (TPSA) is 79.5 Å². The molecular weight excluding hydrogens is 242 g/mol. The first kappa shape index (κ1) is 11.8. The number of fused-ring (bicyclic) bond motifs is 1. The molecule has 1 saturated heterocycles. The first-order valence-corrected chi connectivity index (χ1v) is 6.30. The predicted octanol–water partition coefficient (Wildman–Crippen LogP) is 1.87. The highest BCUT2D eigenvalue weighted by atomic mass is 16.4. The third-order valence-corrected chi connectivity index (χ3v) is 3.58. The van der Waals surface area contributed by atoms with E-state index in [1.54, 1.807) is 6.20 Å². The molecule has 1 unspecified atom stereocenters. The molecule has 1 aromatic carbocycles. The number of carboxylic acids is 1. The van der Waals surface area contributed by atoms with Gasteiger partial charge in [-0.15, -0.1) is 0 Å². The molecule has 2 heterocycles. The van der Waals surface area contributed by atoms with E-state index in [0.717, 1.165) is 29.6 Å². The molecule has 1 fully saturated rings. The van der Waals surface area contributed by atoms with Crippen molar-refractivity contribution in [2.75, 3.05) is 17.2 Å². The Morgan fingerprint density at radius 1 is 1.42 bits per heavy atom. The highest BCUT2D eigenvalue weighted by Gasteiger charge is 2.32. The van der Waals surface area contributed by atoms with E-state index in [1.807, 2.05) is 29.2 Å². The minimum atomic E-state index is -0.791. The van der Waals surface area contributed by atoms with Gasteiger partial charge in [0.25, 0.3) is 0 Å². The third kappa shape index (κ3) is 1.97. The van der Waals surface area contributed by atoms with Crippen LogP contribution in [0.25, 0.3) is 10.8 Å². The van der Waals surface area contributed by atoms with E-state index in [9.17, 15) is 9.90 Å². The van der Waals surface area contributed by atoms with E-state index in [0.29, 0.717) is 12.1 Å². The van der Waals surface area contributed by atoms with E-state index >= 15 is 0 Å². The summed E-state index contributed by atoms with van der Waals surface area (Å²) in [6, 6.07) is 7.05. The number of hydrogen-bond donors (Lipinski definition) is 2. The summed E-state index contributed by atoms with van der Waals surface area (Å²) >= 11 is 0. The van der Waals surface area contributed by atoms with Crippen LogP contribution in [0.1, 0.15) is 12.8 Å². The lowest BCUT2D eigenvalue weighted by Gasteiger charge is -2.23. The number of rotatable bonds is 2. The summed E-state index contributed by atoms with van der Waals surface area (Å²) in [6.07, 6.45) is 3.25.